The van der Waals surface area contributed by atoms with Crippen LogP contribution in [0.4, 0.5) is 0 Å². The van der Waals surface area contributed by atoms with Gasteiger partial charge in [0.15, 0.2) is 11.5 Å². The van der Waals surface area contributed by atoms with Crippen molar-refractivity contribution in [3.63, 3.8) is 0 Å². The number of carbonyl (C=O) groups is 1. The molecule has 0 radical (unpaired) electrons. The molecule has 4 aliphatic rings. The monoisotopic (exact) mass is 514 g/mol. The van der Waals surface area contributed by atoms with E-state index in [4.69, 9.17) is 4.74 Å². The highest BCUT2D eigenvalue weighted by molar-refractivity contribution is 5.92. The zero-order chi connectivity index (χ0) is 26.8. The predicted octanol–water partition coefficient (Wildman–Crippen LogP) is 4.22. The summed E-state index contributed by atoms with van der Waals surface area (Å²) < 4.78 is 6.66. The highest BCUT2D eigenvalue weighted by Gasteiger charge is 2.75. The van der Waals surface area contributed by atoms with Crippen molar-refractivity contribution in [3.05, 3.63) is 77.4 Å². The Bertz CT molecular complexity index is 1320. The number of hydrogen-bond acceptors (Lipinski definition) is 5. The Morgan fingerprint density at radius 3 is 2.87 bits per heavy atom. The number of likely N-dealkylation sites (tertiary alicyclic amines) is 1. The van der Waals surface area contributed by atoms with Gasteiger partial charge in [0.2, 0.25) is 5.91 Å². The third-order valence-corrected chi connectivity index (χ3v) is 9.93. The average molecular weight is 515 g/mol. The van der Waals surface area contributed by atoms with Crippen molar-refractivity contribution in [2.75, 3.05) is 20.1 Å². The van der Waals surface area contributed by atoms with Crippen LogP contribution in [0.3, 0.4) is 0 Å². The van der Waals surface area contributed by atoms with E-state index in [-0.39, 0.29) is 29.7 Å². The number of likely N-dealkylation sites (N-methyl/N-ethyl adjacent to an activating group) is 1. The van der Waals surface area contributed by atoms with Crippen LogP contribution >= 0.6 is 0 Å². The van der Waals surface area contributed by atoms with Crippen molar-refractivity contribution in [1.29, 1.82) is 0 Å². The molecule has 2 bridgehead atoms. The average Bonchev–Trinajstić information content (AvgIpc) is 3.25. The lowest BCUT2D eigenvalue weighted by Crippen LogP contribution is -2.80. The fraction of sp³-hybridized carbons (Fsp3) is 0.469. The summed E-state index contributed by atoms with van der Waals surface area (Å²) in [5.41, 5.74) is 2.52. The maximum Gasteiger partial charge on any atom is 0.246 e. The van der Waals surface area contributed by atoms with Crippen LogP contribution < -0.4 is 4.74 Å². The maximum atomic E-state index is 13.5. The Morgan fingerprint density at radius 1 is 1.32 bits per heavy atom. The van der Waals surface area contributed by atoms with Crippen molar-refractivity contribution in [2.45, 2.75) is 68.7 Å². The first-order chi connectivity index (χ1) is 18.3. The van der Waals surface area contributed by atoms with E-state index in [0.29, 0.717) is 25.0 Å². The minimum Gasteiger partial charge on any atom is -0.504 e. The molecule has 2 aliphatic carbocycles. The van der Waals surface area contributed by atoms with Crippen LogP contribution in [0, 0.1) is 12.8 Å². The number of phenolic OH excluding ortho intramolecular Hbond substituents is 1. The molecule has 2 aromatic carbocycles. The molecule has 38 heavy (non-hydrogen) atoms. The van der Waals surface area contributed by atoms with Crippen LogP contribution in [0.1, 0.15) is 48.4 Å². The standard InChI is InChI=1S/C32H38N2O4/c1-5-15-34-16-14-31-28-22-11-12-25(35)29(28)38-30(31)24(19-23(6-2)32(31,37)26(34)18-22)33(4)27(36)13-10-21-9-7-8-20(3)17-21/h5,7-13,17,23-24,26,30,35,37H,1,6,14-16,18-19H2,2-4H3/t23-,24-,26+,30-,31-,32+/m0/s1. The first kappa shape index (κ1) is 25.2. The summed E-state index contributed by atoms with van der Waals surface area (Å²) in [5, 5.41) is 23.8. The van der Waals surface area contributed by atoms with Gasteiger partial charge in [-0.25, -0.2) is 0 Å². The molecule has 6 heteroatoms. The fourth-order valence-corrected chi connectivity index (χ4v) is 8.28. The molecule has 6 nitrogen and oxygen atoms in total. The summed E-state index contributed by atoms with van der Waals surface area (Å²) in [4.78, 5) is 17.7. The number of aliphatic hydroxyl groups is 1. The third-order valence-electron chi connectivity index (χ3n) is 9.93. The molecule has 2 aromatic rings. The number of nitrogens with zero attached hydrogens (tertiary/aromatic N) is 2. The van der Waals surface area contributed by atoms with Gasteiger partial charge in [0, 0.05) is 31.3 Å². The molecule has 2 fully saturated rings. The van der Waals surface area contributed by atoms with E-state index in [2.05, 4.69) is 24.5 Å². The summed E-state index contributed by atoms with van der Waals surface area (Å²) in [5.74, 6) is 0.498. The summed E-state index contributed by atoms with van der Waals surface area (Å²) in [6.07, 6.45) is 7.83. The first-order valence-electron chi connectivity index (χ1n) is 13.9. The second kappa shape index (κ2) is 8.99. The van der Waals surface area contributed by atoms with E-state index in [1.165, 1.54) is 0 Å². The topological polar surface area (TPSA) is 73.2 Å². The van der Waals surface area contributed by atoms with Crippen molar-refractivity contribution in [1.82, 2.24) is 9.80 Å². The van der Waals surface area contributed by atoms with Gasteiger partial charge in [-0.3, -0.25) is 9.69 Å². The van der Waals surface area contributed by atoms with Crippen LogP contribution in [-0.2, 0) is 16.6 Å². The Morgan fingerprint density at radius 2 is 2.13 bits per heavy atom. The Labute approximate surface area is 225 Å². The Balaban J connectivity index is 1.43. The normalized spacial score (nSPS) is 33.1. The van der Waals surface area contributed by atoms with Crippen molar-refractivity contribution < 1.29 is 19.7 Å². The highest BCUT2D eigenvalue weighted by atomic mass is 16.5. The number of benzene rings is 2. The predicted molar refractivity (Wildman–Crippen MR) is 148 cm³/mol. The lowest BCUT2D eigenvalue weighted by atomic mass is 9.45. The van der Waals surface area contributed by atoms with Crippen LogP contribution in [0.15, 0.2) is 55.1 Å². The molecule has 2 N–H and O–H groups in total. The van der Waals surface area contributed by atoms with Gasteiger partial charge in [-0.05, 0) is 61.9 Å². The molecule has 2 heterocycles. The SMILES string of the molecule is C=CCN1CC[C@]23c4c5ccc(O)c4O[C@H]2[C@@H](N(C)C(=O)C=Cc2cccc(C)c2)C[C@H](CC)[C@@]3(O)[C@H]1C5. The van der Waals surface area contributed by atoms with Gasteiger partial charge in [0.05, 0.1) is 17.1 Å². The molecular formula is C32H38N2O4. The Hall–Kier alpha value is -3.09. The van der Waals surface area contributed by atoms with E-state index >= 15 is 0 Å². The van der Waals surface area contributed by atoms with E-state index in [0.717, 1.165) is 41.8 Å². The number of piperidine rings is 1. The molecule has 6 rings (SSSR count). The largest absolute Gasteiger partial charge is 0.504 e. The van der Waals surface area contributed by atoms with E-state index < -0.39 is 17.1 Å². The molecule has 2 aliphatic heterocycles. The molecule has 0 aromatic heterocycles. The van der Waals surface area contributed by atoms with E-state index in [9.17, 15) is 15.0 Å². The van der Waals surface area contributed by atoms with Gasteiger partial charge in [-0.2, -0.15) is 0 Å². The van der Waals surface area contributed by atoms with Crippen molar-refractivity contribution >= 4 is 12.0 Å². The van der Waals surface area contributed by atoms with E-state index in [1.807, 2.05) is 50.4 Å². The molecule has 1 spiro atoms. The lowest BCUT2D eigenvalue weighted by molar-refractivity contribution is -0.226. The molecular weight excluding hydrogens is 476 g/mol. The number of aromatic hydroxyl groups is 1. The van der Waals surface area contributed by atoms with Gasteiger partial charge in [-0.15, -0.1) is 6.58 Å². The summed E-state index contributed by atoms with van der Waals surface area (Å²) in [6, 6.07) is 11.5. The molecule has 1 saturated heterocycles. The number of carbonyl (C=O) groups excluding carboxylic acids is 1. The highest BCUT2D eigenvalue weighted by Crippen LogP contribution is 2.67. The van der Waals surface area contributed by atoms with Gasteiger partial charge >= 0.3 is 0 Å². The van der Waals surface area contributed by atoms with Crippen LogP contribution in [0.2, 0.25) is 0 Å². The van der Waals surface area contributed by atoms with Crippen LogP contribution in [-0.4, -0.2) is 69.8 Å². The number of amides is 1. The summed E-state index contributed by atoms with van der Waals surface area (Å²) in [6.45, 7) is 9.67. The Kier molecular flexibility index (Phi) is 5.96. The number of hydrogen-bond donors (Lipinski definition) is 2. The number of phenols is 1. The molecule has 0 unspecified atom stereocenters. The number of aryl methyl sites for hydroxylation is 1. The van der Waals surface area contributed by atoms with Gasteiger partial charge < -0.3 is 19.8 Å². The van der Waals surface area contributed by atoms with Gasteiger partial charge in [0.25, 0.3) is 0 Å². The molecule has 1 saturated carbocycles. The van der Waals surface area contributed by atoms with E-state index in [1.54, 1.807) is 17.0 Å². The smallest absolute Gasteiger partial charge is 0.246 e. The minimum atomic E-state index is -1.03. The van der Waals surface area contributed by atoms with Crippen molar-refractivity contribution in [3.8, 4) is 11.5 Å². The zero-order valence-electron chi connectivity index (χ0n) is 22.6. The van der Waals surface area contributed by atoms with Gasteiger partial charge in [0.1, 0.15) is 6.10 Å². The molecule has 1 amide bonds. The number of ether oxygens (including phenoxy) is 1. The quantitative estimate of drug-likeness (QED) is 0.446. The van der Waals surface area contributed by atoms with Gasteiger partial charge in [-0.1, -0.05) is 55.3 Å². The molecule has 6 atom stereocenters. The third kappa shape index (κ3) is 3.29. The maximum absolute atomic E-state index is 13.5. The fourth-order valence-electron chi connectivity index (χ4n) is 8.28. The van der Waals surface area contributed by atoms with Crippen LogP contribution in [0.5, 0.6) is 11.5 Å². The second-order valence-electron chi connectivity index (χ2n) is 11.6. The lowest BCUT2D eigenvalue weighted by Gasteiger charge is -2.67. The van der Waals surface area contributed by atoms with Crippen molar-refractivity contribution in [2.24, 2.45) is 5.92 Å². The van der Waals surface area contributed by atoms with Crippen LogP contribution in [0.25, 0.3) is 6.08 Å². The number of rotatable bonds is 6. The summed E-state index contributed by atoms with van der Waals surface area (Å²) >= 11 is 0. The minimum absolute atomic E-state index is 0.0255. The first-order valence-corrected chi connectivity index (χ1v) is 13.9. The molecule has 200 valence electrons. The zero-order valence-corrected chi connectivity index (χ0v) is 22.6. The second-order valence-corrected chi connectivity index (χ2v) is 11.6. The summed E-state index contributed by atoms with van der Waals surface area (Å²) in [7, 11) is 1.85.